The highest BCUT2D eigenvalue weighted by molar-refractivity contribution is 6.05. The molecule has 20 heteroatoms. The van der Waals surface area contributed by atoms with Crippen molar-refractivity contribution in [1.29, 1.82) is 0 Å². The summed E-state index contributed by atoms with van der Waals surface area (Å²) < 4.78 is 43.0. The number of piperazine rings is 1. The highest BCUT2D eigenvalue weighted by Crippen LogP contribution is 2.50. The summed E-state index contributed by atoms with van der Waals surface area (Å²) in [5.74, 6) is 9.03. The third kappa shape index (κ3) is 13.7. The van der Waals surface area contributed by atoms with Gasteiger partial charge < -0.3 is 60.3 Å². The van der Waals surface area contributed by atoms with Gasteiger partial charge in [0.15, 0.2) is 5.82 Å². The SMILES string of the molecule is COCc1cc(F)cc(N2CCCC3C2CCN3c2cc(N3CC4CC(C3)C4CCCCCCN3CCN(c4ccc(-c5cc(C6=CCCN(C(=O)CCN(N)/C=C\N)C6)c(F)c6[nH]c(C(=O)N(C)C)cc56)c(OC)c4)CC3)ccn2)c1.NC=O. The van der Waals surface area contributed by atoms with Crippen LogP contribution in [0.3, 0.4) is 0 Å². The second kappa shape index (κ2) is 27.7. The molecule has 3 aromatic carbocycles. The molecule has 7 aliphatic rings. The molecule has 0 spiro atoms. The molecule has 1 saturated carbocycles. The van der Waals surface area contributed by atoms with E-state index < -0.39 is 5.82 Å². The first-order valence-corrected chi connectivity index (χ1v) is 30.6. The number of amides is 3. The number of aromatic nitrogens is 2. The number of halogens is 2. The van der Waals surface area contributed by atoms with Crippen LogP contribution in [0.1, 0.15) is 92.2 Å². The molecule has 6 aliphatic heterocycles. The molecule has 0 radical (unpaired) electrons. The molecule has 5 aromatic rings. The molecule has 7 N–H and O–H groups in total. The number of benzene rings is 3. The number of piperidine rings is 3. The quantitative estimate of drug-likeness (QED) is 0.0237. The fourth-order valence-electron chi connectivity index (χ4n) is 14.5. The molecule has 2 bridgehead atoms. The van der Waals surface area contributed by atoms with Crippen molar-refractivity contribution < 1.29 is 32.6 Å². The van der Waals surface area contributed by atoms with Gasteiger partial charge in [0.25, 0.3) is 5.91 Å². The normalized spacial score (nSPS) is 21.3. The van der Waals surface area contributed by atoms with E-state index in [1.54, 1.807) is 51.4 Å². The van der Waals surface area contributed by atoms with E-state index in [4.69, 9.17) is 30.8 Å². The second-order valence-corrected chi connectivity index (χ2v) is 24.1. The zero-order valence-corrected chi connectivity index (χ0v) is 50.1. The number of rotatable bonds is 21. The molecule has 3 amide bonds. The number of hydrogen-bond donors (Lipinski definition) is 4. The zero-order valence-electron chi connectivity index (χ0n) is 50.1. The number of methoxy groups -OCH3 is 2. The predicted octanol–water partition coefficient (Wildman–Crippen LogP) is 8.17. The Morgan fingerprint density at radius 2 is 1.58 bits per heavy atom. The van der Waals surface area contributed by atoms with Crippen LogP contribution < -0.4 is 41.6 Å². The lowest BCUT2D eigenvalue weighted by atomic mass is 9.60. The number of primary amides is 1. The average molecular weight is 1170 g/mol. The Balaban J connectivity index is 0.00000262. The lowest BCUT2D eigenvalue weighted by molar-refractivity contribution is -0.131. The number of nitrogens with two attached hydrogens (primary N) is 3. The van der Waals surface area contributed by atoms with Gasteiger partial charge in [-0.05, 0) is 134 Å². The summed E-state index contributed by atoms with van der Waals surface area (Å²) in [5.41, 5.74) is 16.9. The number of aromatic amines is 1. The van der Waals surface area contributed by atoms with Crippen molar-refractivity contribution in [2.24, 2.45) is 35.1 Å². The number of carbonyl (C=O) groups excluding carboxylic acids is 3. The Bertz CT molecular complexity index is 3190. The summed E-state index contributed by atoms with van der Waals surface area (Å²) in [6, 6.07) is 20.4. The molecule has 85 heavy (non-hydrogen) atoms. The maximum atomic E-state index is 16.8. The van der Waals surface area contributed by atoms with Gasteiger partial charge in [0.05, 0.1) is 31.3 Å². The molecule has 2 aromatic heterocycles. The van der Waals surface area contributed by atoms with Gasteiger partial charge in [0.1, 0.15) is 23.1 Å². The van der Waals surface area contributed by atoms with E-state index in [0.717, 1.165) is 130 Å². The smallest absolute Gasteiger partial charge is 0.269 e. The van der Waals surface area contributed by atoms with E-state index in [1.807, 2.05) is 24.4 Å². The molecule has 4 atom stereocenters. The van der Waals surface area contributed by atoms with Crippen molar-refractivity contribution in [3.8, 4) is 16.9 Å². The Labute approximate surface area is 499 Å². The minimum Gasteiger partial charge on any atom is -0.496 e. The zero-order chi connectivity index (χ0) is 59.7. The summed E-state index contributed by atoms with van der Waals surface area (Å²) in [7, 11) is 6.67. The lowest BCUT2D eigenvalue weighted by Gasteiger charge is -2.54. The van der Waals surface area contributed by atoms with E-state index in [0.29, 0.717) is 60.5 Å². The number of hydrogen-bond acceptors (Lipinski definition) is 14. The summed E-state index contributed by atoms with van der Waals surface area (Å²) in [5, 5.41) is 1.95. The van der Waals surface area contributed by atoms with Gasteiger partial charge in [-0.25, -0.2) is 19.6 Å². The van der Waals surface area contributed by atoms with Crippen molar-refractivity contribution in [1.82, 2.24) is 29.7 Å². The molecule has 18 nitrogen and oxygen atoms in total. The second-order valence-electron chi connectivity index (χ2n) is 24.1. The first-order valence-electron chi connectivity index (χ1n) is 30.6. The van der Waals surface area contributed by atoms with Crippen LogP contribution in [-0.2, 0) is 20.9 Å². The van der Waals surface area contributed by atoms with Gasteiger partial charge >= 0.3 is 0 Å². The van der Waals surface area contributed by atoms with Crippen LogP contribution in [0.2, 0.25) is 0 Å². The third-order valence-corrected chi connectivity index (χ3v) is 18.7. The first-order chi connectivity index (χ1) is 41.3. The van der Waals surface area contributed by atoms with Crippen molar-refractivity contribution in [3.63, 3.8) is 0 Å². The van der Waals surface area contributed by atoms with E-state index in [1.165, 1.54) is 66.5 Å². The molecule has 1 aliphatic carbocycles. The molecule has 6 fully saturated rings. The maximum absolute atomic E-state index is 16.8. The summed E-state index contributed by atoms with van der Waals surface area (Å²) >= 11 is 0. The van der Waals surface area contributed by atoms with Crippen LogP contribution in [0.15, 0.2) is 85.3 Å². The number of H-pyrrole nitrogens is 1. The van der Waals surface area contributed by atoms with Gasteiger partial charge in [0.2, 0.25) is 12.3 Å². The van der Waals surface area contributed by atoms with E-state index in [2.05, 4.69) is 65.5 Å². The standard InChI is InChI=1S/C64H84F2N12O4.CH3NO/c1-71(2)64(80)56-38-55-54(37-53(62(66)63(55)70-56)44-11-9-22-74(39-44)61(79)18-24-76(68)26-19-67)52-15-14-48(35-59(52)82-4)73-29-27-72(28-30-73)21-8-6-5-7-12-51-45-33-46(51)41-75(40-45)49-16-20-69-60(36-49)78-25-17-58-57(78)13-10-23-77(58)50-32-43(42-81-3)31-47(65)34-50;2-1-3/h11,14-16,19-20,26,31-32,34-38,45-46,51,57-58,70H,5-10,12-13,17-18,21-25,27-30,33,39-42,67-68H2,1-4H3;1H,(H2,2,3)/b26-19-;. The number of nitrogens with one attached hydrogen (secondary N) is 1. The van der Waals surface area contributed by atoms with Crippen LogP contribution >= 0.6 is 0 Å². The average Bonchev–Trinajstić information content (AvgIpc) is 2.41. The molecule has 12 rings (SSSR count). The Morgan fingerprint density at radius 3 is 2.33 bits per heavy atom. The number of hydrazine groups is 1. The Hall–Kier alpha value is -7.42. The van der Waals surface area contributed by atoms with Crippen LogP contribution in [0.25, 0.3) is 27.6 Å². The fourth-order valence-corrected chi connectivity index (χ4v) is 14.5. The van der Waals surface area contributed by atoms with Gasteiger partial charge in [-0.3, -0.25) is 19.3 Å². The van der Waals surface area contributed by atoms with Crippen molar-refractivity contribution in [2.75, 3.05) is 126 Å². The minimum absolute atomic E-state index is 0.0831. The third-order valence-electron chi connectivity index (χ3n) is 18.7. The summed E-state index contributed by atoms with van der Waals surface area (Å²) in [6.07, 6.45) is 18.9. The highest BCUT2D eigenvalue weighted by atomic mass is 19.1. The van der Waals surface area contributed by atoms with Gasteiger partial charge in [-0.1, -0.05) is 25.3 Å². The number of nitrogens with zero attached hydrogens (tertiary/aromatic N) is 9. The highest BCUT2D eigenvalue weighted by Gasteiger charge is 2.46. The van der Waals surface area contributed by atoms with Crippen LogP contribution in [-0.4, -0.2) is 167 Å². The molecule has 5 saturated heterocycles. The van der Waals surface area contributed by atoms with E-state index in [9.17, 15) is 14.0 Å². The summed E-state index contributed by atoms with van der Waals surface area (Å²) in [6.45, 7) is 10.6. The van der Waals surface area contributed by atoms with E-state index >= 15 is 4.39 Å². The molecule has 4 unspecified atom stereocenters. The largest absolute Gasteiger partial charge is 0.496 e. The fraction of sp³-hybridized carbons (Fsp3) is 0.508. The van der Waals surface area contributed by atoms with E-state index in [-0.39, 0.29) is 48.2 Å². The van der Waals surface area contributed by atoms with Crippen molar-refractivity contribution in [3.05, 3.63) is 114 Å². The minimum atomic E-state index is -0.473. The van der Waals surface area contributed by atoms with Crippen LogP contribution in [0.4, 0.5) is 31.7 Å². The first kappa shape index (κ1) is 60.7. The van der Waals surface area contributed by atoms with Gasteiger partial charge in [0, 0.05) is 164 Å². The lowest BCUT2D eigenvalue weighted by Crippen LogP contribution is -2.55. The van der Waals surface area contributed by atoms with Crippen molar-refractivity contribution in [2.45, 2.75) is 89.3 Å². The van der Waals surface area contributed by atoms with Crippen molar-refractivity contribution >= 4 is 57.6 Å². The molecule has 456 valence electrons. The molecular formula is C65H87F2N13O5. The predicted molar refractivity (Wildman–Crippen MR) is 333 cm³/mol. The number of ether oxygens (including phenoxy) is 2. The van der Waals surface area contributed by atoms with Gasteiger partial charge in [-0.15, -0.1) is 0 Å². The number of pyridine rings is 1. The number of anilines is 4. The molecule has 8 heterocycles. The summed E-state index contributed by atoms with van der Waals surface area (Å²) in [4.78, 5) is 59.0. The number of fused-ring (bicyclic) bond motifs is 4. The van der Waals surface area contributed by atoms with Crippen LogP contribution in [0, 0.1) is 29.4 Å². The number of carbonyl (C=O) groups is 3. The topological polar surface area (TPSA) is 202 Å². The molecular weight excluding hydrogens is 1080 g/mol. The number of unbranched alkanes of at least 4 members (excludes halogenated alkanes) is 3. The Morgan fingerprint density at radius 1 is 0.812 bits per heavy atom. The monoisotopic (exact) mass is 1170 g/mol. The Kier molecular flexibility index (Phi) is 19.8. The maximum Gasteiger partial charge on any atom is 0.269 e. The van der Waals surface area contributed by atoms with Gasteiger partial charge in [-0.2, -0.15) is 0 Å². The van der Waals surface area contributed by atoms with Crippen LogP contribution in [0.5, 0.6) is 5.75 Å².